The topological polar surface area (TPSA) is 108 Å². The van der Waals surface area contributed by atoms with E-state index in [2.05, 4.69) is 10.3 Å². The zero-order valence-corrected chi connectivity index (χ0v) is 17.3. The van der Waals surface area contributed by atoms with Gasteiger partial charge in [-0.15, -0.1) is 0 Å². The van der Waals surface area contributed by atoms with Gasteiger partial charge in [-0.25, -0.2) is 9.78 Å². The molecule has 0 aliphatic heterocycles. The number of esters is 1. The Morgan fingerprint density at radius 3 is 2.45 bits per heavy atom. The van der Waals surface area contributed by atoms with Gasteiger partial charge in [-0.2, -0.15) is 0 Å². The van der Waals surface area contributed by atoms with Crippen LogP contribution in [0.3, 0.4) is 0 Å². The van der Waals surface area contributed by atoms with Crippen molar-refractivity contribution >= 4 is 17.7 Å². The summed E-state index contributed by atoms with van der Waals surface area (Å²) in [7, 11) is 0. The largest absolute Gasteiger partial charge is 0.464 e. The Labute approximate surface area is 181 Å². The van der Waals surface area contributed by atoms with Crippen LogP contribution in [-0.2, 0) is 25.7 Å². The van der Waals surface area contributed by atoms with Gasteiger partial charge in [0.15, 0.2) is 11.9 Å². The summed E-state index contributed by atoms with van der Waals surface area (Å²) in [5.41, 5.74) is 7.68. The first kappa shape index (κ1) is 22.2. The number of nitrogens with one attached hydrogen (secondary N) is 1. The van der Waals surface area contributed by atoms with Crippen LogP contribution in [0.25, 0.3) is 0 Å². The van der Waals surface area contributed by atoms with Crippen molar-refractivity contribution in [2.45, 2.75) is 25.6 Å². The number of imidazole rings is 1. The molecular formula is C23H26N4O4. The number of benzene rings is 2. The first-order valence-corrected chi connectivity index (χ1v) is 10.0. The molecule has 0 saturated heterocycles. The molecule has 0 aliphatic carbocycles. The molecular weight excluding hydrogens is 396 g/mol. The third kappa shape index (κ3) is 6.24. The number of anilines is 1. The highest BCUT2D eigenvalue weighted by molar-refractivity contribution is 5.94. The fourth-order valence-electron chi connectivity index (χ4n) is 3.00. The lowest BCUT2D eigenvalue weighted by Crippen LogP contribution is -2.39. The Morgan fingerprint density at radius 2 is 1.77 bits per heavy atom. The number of nitrogens with two attached hydrogens (primary N) is 1. The van der Waals surface area contributed by atoms with E-state index in [1.165, 1.54) is 6.33 Å². The van der Waals surface area contributed by atoms with E-state index in [1.807, 2.05) is 60.7 Å². The third-order valence-corrected chi connectivity index (χ3v) is 4.52. The quantitative estimate of drug-likeness (QED) is 0.486. The number of amides is 1. The average molecular weight is 422 g/mol. The first-order chi connectivity index (χ1) is 15.1. The molecule has 0 fully saturated rings. The highest BCUT2D eigenvalue weighted by Crippen LogP contribution is 2.21. The molecule has 3 aromatic rings. The normalized spacial score (nSPS) is 12.7. The Balaban J connectivity index is 1.60. The molecule has 8 heteroatoms. The number of hydrogen-bond acceptors (Lipinski definition) is 6. The number of hydrogen-bond donors (Lipinski definition) is 2. The number of carbonyl (C=O) groups excluding carboxylic acids is 2. The van der Waals surface area contributed by atoms with Crippen molar-refractivity contribution < 1.29 is 19.1 Å². The van der Waals surface area contributed by atoms with Gasteiger partial charge in [-0.1, -0.05) is 60.7 Å². The second kappa shape index (κ2) is 11.1. The SMILES string of the molecule is CCOC(=O)C(c1ccccc1)n1cnc(NC(=O)C(N)COCc2ccccc2)c1. The Hall–Kier alpha value is -3.49. The molecule has 1 aromatic heterocycles. The summed E-state index contributed by atoms with van der Waals surface area (Å²) in [5, 5.41) is 2.66. The van der Waals surface area contributed by atoms with Crippen LogP contribution in [0, 0.1) is 0 Å². The molecule has 0 bridgehead atoms. The number of carbonyl (C=O) groups is 2. The van der Waals surface area contributed by atoms with Crippen LogP contribution < -0.4 is 11.1 Å². The van der Waals surface area contributed by atoms with Crippen LogP contribution >= 0.6 is 0 Å². The van der Waals surface area contributed by atoms with Gasteiger partial charge in [-0.3, -0.25) is 4.79 Å². The van der Waals surface area contributed by atoms with Gasteiger partial charge in [0.05, 0.1) is 26.1 Å². The molecule has 3 rings (SSSR count). The van der Waals surface area contributed by atoms with Gasteiger partial charge in [0.1, 0.15) is 6.04 Å². The molecule has 31 heavy (non-hydrogen) atoms. The molecule has 0 aliphatic rings. The molecule has 1 heterocycles. The summed E-state index contributed by atoms with van der Waals surface area (Å²) in [6.07, 6.45) is 3.05. The Bertz CT molecular complexity index is 976. The van der Waals surface area contributed by atoms with E-state index < -0.39 is 24.0 Å². The summed E-state index contributed by atoms with van der Waals surface area (Å²) < 4.78 is 12.3. The maximum absolute atomic E-state index is 12.5. The van der Waals surface area contributed by atoms with E-state index in [0.717, 1.165) is 11.1 Å². The summed E-state index contributed by atoms with van der Waals surface area (Å²) in [5.74, 6) is -0.547. The van der Waals surface area contributed by atoms with Gasteiger partial charge in [-0.05, 0) is 18.1 Å². The maximum Gasteiger partial charge on any atom is 0.333 e. The predicted molar refractivity (Wildman–Crippen MR) is 116 cm³/mol. The van der Waals surface area contributed by atoms with Crippen LogP contribution in [0.4, 0.5) is 5.82 Å². The molecule has 1 amide bonds. The standard InChI is InChI=1S/C23H26N4O4/c1-2-31-23(29)21(18-11-7-4-8-12-18)27-13-20(25-16-27)26-22(28)19(24)15-30-14-17-9-5-3-6-10-17/h3-13,16,19,21H,2,14-15,24H2,1H3,(H,26,28). The zero-order chi connectivity index (χ0) is 22.1. The van der Waals surface area contributed by atoms with Crippen LogP contribution in [0.15, 0.2) is 73.2 Å². The van der Waals surface area contributed by atoms with E-state index in [4.69, 9.17) is 15.2 Å². The van der Waals surface area contributed by atoms with Crippen molar-refractivity contribution in [3.8, 4) is 0 Å². The lowest BCUT2D eigenvalue weighted by Gasteiger charge is -2.17. The zero-order valence-electron chi connectivity index (χ0n) is 17.3. The fourth-order valence-corrected chi connectivity index (χ4v) is 3.00. The second-order valence-corrected chi connectivity index (χ2v) is 6.87. The molecule has 3 N–H and O–H groups in total. The highest BCUT2D eigenvalue weighted by Gasteiger charge is 2.24. The van der Waals surface area contributed by atoms with Crippen molar-refractivity contribution in [1.82, 2.24) is 9.55 Å². The minimum Gasteiger partial charge on any atom is -0.464 e. The number of ether oxygens (including phenoxy) is 2. The van der Waals surface area contributed by atoms with Crippen molar-refractivity contribution in [3.63, 3.8) is 0 Å². The molecule has 0 spiro atoms. The van der Waals surface area contributed by atoms with E-state index in [-0.39, 0.29) is 19.0 Å². The lowest BCUT2D eigenvalue weighted by atomic mass is 10.1. The molecule has 2 atom stereocenters. The van der Waals surface area contributed by atoms with Crippen molar-refractivity contribution in [1.29, 1.82) is 0 Å². The van der Waals surface area contributed by atoms with Gasteiger partial charge in [0.2, 0.25) is 5.91 Å². The van der Waals surface area contributed by atoms with Gasteiger partial charge >= 0.3 is 5.97 Å². The number of aromatic nitrogens is 2. The second-order valence-electron chi connectivity index (χ2n) is 6.87. The van der Waals surface area contributed by atoms with E-state index >= 15 is 0 Å². The van der Waals surface area contributed by atoms with E-state index in [1.54, 1.807) is 17.7 Å². The van der Waals surface area contributed by atoms with Crippen LogP contribution in [-0.4, -0.2) is 40.7 Å². The molecule has 8 nitrogen and oxygen atoms in total. The van der Waals surface area contributed by atoms with Crippen molar-refractivity contribution in [2.75, 3.05) is 18.5 Å². The average Bonchev–Trinajstić information content (AvgIpc) is 3.23. The summed E-state index contributed by atoms with van der Waals surface area (Å²) in [4.78, 5) is 29.1. The highest BCUT2D eigenvalue weighted by atomic mass is 16.5. The van der Waals surface area contributed by atoms with Crippen molar-refractivity contribution in [2.24, 2.45) is 5.73 Å². The molecule has 2 aromatic carbocycles. The lowest BCUT2D eigenvalue weighted by molar-refractivity contribution is -0.145. The summed E-state index contributed by atoms with van der Waals surface area (Å²) in [6.45, 7) is 2.45. The van der Waals surface area contributed by atoms with Gasteiger partial charge < -0.3 is 25.1 Å². The van der Waals surface area contributed by atoms with Crippen molar-refractivity contribution in [3.05, 3.63) is 84.3 Å². The maximum atomic E-state index is 12.5. The van der Waals surface area contributed by atoms with E-state index in [9.17, 15) is 9.59 Å². The molecule has 162 valence electrons. The minimum absolute atomic E-state index is 0.0664. The van der Waals surface area contributed by atoms with Crippen LogP contribution in [0.5, 0.6) is 0 Å². The predicted octanol–water partition coefficient (Wildman–Crippen LogP) is 2.52. The third-order valence-electron chi connectivity index (χ3n) is 4.52. The van der Waals surface area contributed by atoms with E-state index in [0.29, 0.717) is 6.61 Å². The molecule has 0 saturated carbocycles. The summed E-state index contributed by atoms with van der Waals surface area (Å²) in [6, 6.07) is 17.3. The number of nitrogens with zero attached hydrogens (tertiary/aromatic N) is 2. The smallest absolute Gasteiger partial charge is 0.333 e. The number of rotatable bonds is 10. The Morgan fingerprint density at radius 1 is 1.10 bits per heavy atom. The Kier molecular flexibility index (Phi) is 7.91. The minimum atomic E-state index is -0.858. The molecule has 0 radical (unpaired) electrons. The van der Waals surface area contributed by atoms with Gasteiger partial charge in [0.25, 0.3) is 0 Å². The monoisotopic (exact) mass is 422 g/mol. The summed E-state index contributed by atoms with van der Waals surface area (Å²) >= 11 is 0. The van der Waals surface area contributed by atoms with Gasteiger partial charge in [0, 0.05) is 6.20 Å². The van der Waals surface area contributed by atoms with Crippen LogP contribution in [0.2, 0.25) is 0 Å². The van der Waals surface area contributed by atoms with Crippen LogP contribution in [0.1, 0.15) is 24.1 Å². The fraction of sp³-hybridized carbons (Fsp3) is 0.261. The first-order valence-electron chi connectivity index (χ1n) is 10.0. The molecule has 2 unspecified atom stereocenters.